The van der Waals surface area contributed by atoms with Crippen LogP contribution in [0.1, 0.15) is 58.8 Å². The van der Waals surface area contributed by atoms with Crippen molar-refractivity contribution in [3.05, 3.63) is 0 Å². The van der Waals surface area contributed by atoms with Crippen molar-refractivity contribution in [1.29, 1.82) is 0 Å². The molecule has 1 saturated carbocycles. The zero-order valence-corrected chi connectivity index (χ0v) is 17.0. The lowest BCUT2D eigenvalue weighted by molar-refractivity contribution is -0.132. The van der Waals surface area contributed by atoms with E-state index in [0.29, 0.717) is 24.9 Å². The third-order valence-corrected chi connectivity index (χ3v) is 4.65. The molecule has 2 N–H and O–H groups in total. The van der Waals surface area contributed by atoms with Crippen molar-refractivity contribution >= 4 is 35.8 Å². The average Bonchev–Trinajstić information content (AvgIpc) is 3.00. The average molecular weight is 436 g/mol. The van der Waals surface area contributed by atoms with Crippen LogP contribution in [0.3, 0.4) is 0 Å². The van der Waals surface area contributed by atoms with Crippen LogP contribution in [-0.4, -0.2) is 49.0 Å². The van der Waals surface area contributed by atoms with Gasteiger partial charge in [-0.05, 0) is 38.5 Å². The number of halogens is 1. The molecule has 0 bridgehead atoms. The maximum atomic E-state index is 12.2. The maximum absolute atomic E-state index is 12.2. The van der Waals surface area contributed by atoms with Crippen molar-refractivity contribution in [3.8, 4) is 0 Å². The van der Waals surface area contributed by atoms with Crippen molar-refractivity contribution in [2.75, 3.05) is 26.2 Å². The fraction of sp³-hybridized carbons (Fsp3) is 0.882. The van der Waals surface area contributed by atoms with Crippen LogP contribution in [0, 0.1) is 5.92 Å². The minimum atomic E-state index is 0. The normalized spacial score (nSPS) is 22.6. The Balaban J connectivity index is 0.00000264. The van der Waals surface area contributed by atoms with Crippen LogP contribution in [0.4, 0.5) is 0 Å². The van der Waals surface area contributed by atoms with Gasteiger partial charge in [0, 0.05) is 32.1 Å². The zero-order valence-electron chi connectivity index (χ0n) is 14.6. The van der Waals surface area contributed by atoms with E-state index in [-0.39, 0.29) is 29.9 Å². The van der Waals surface area contributed by atoms with Gasteiger partial charge in [-0.25, -0.2) is 0 Å². The van der Waals surface area contributed by atoms with Crippen LogP contribution < -0.4 is 10.6 Å². The SMILES string of the molecule is CCNC(=NCCC(=O)N1CCCC(C)C1)NC1CCCC1.I. The van der Waals surface area contributed by atoms with Crippen LogP contribution >= 0.6 is 24.0 Å². The molecule has 0 radical (unpaired) electrons. The molecule has 1 aliphatic carbocycles. The summed E-state index contributed by atoms with van der Waals surface area (Å²) in [6, 6.07) is 0.552. The number of hydrogen-bond acceptors (Lipinski definition) is 2. The molecule has 1 heterocycles. The van der Waals surface area contributed by atoms with E-state index in [1.807, 2.05) is 4.90 Å². The third kappa shape index (κ3) is 7.27. The van der Waals surface area contributed by atoms with E-state index in [1.165, 1.54) is 32.1 Å². The summed E-state index contributed by atoms with van der Waals surface area (Å²) in [5, 5.41) is 6.78. The van der Waals surface area contributed by atoms with E-state index in [0.717, 1.165) is 32.0 Å². The smallest absolute Gasteiger partial charge is 0.224 e. The van der Waals surface area contributed by atoms with Crippen LogP contribution in [0.2, 0.25) is 0 Å². The summed E-state index contributed by atoms with van der Waals surface area (Å²) in [7, 11) is 0. The monoisotopic (exact) mass is 436 g/mol. The first-order valence-electron chi connectivity index (χ1n) is 9.01. The molecule has 2 rings (SSSR count). The Bertz CT molecular complexity index is 383. The standard InChI is InChI=1S/C17H32N4O.HI/c1-3-18-17(20-15-8-4-5-9-15)19-11-10-16(22)21-12-6-7-14(2)13-21;/h14-15H,3-13H2,1-2H3,(H2,18,19,20);1H. The third-order valence-electron chi connectivity index (χ3n) is 4.65. The van der Waals surface area contributed by atoms with Gasteiger partial charge in [0.15, 0.2) is 5.96 Å². The van der Waals surface area contributed by atoms with Crippen LogP contribution in [0.5, 0.6) is 0 Å². The van der Waals surface area contributed by atoms with Crippen molar-refractivity contribution < 1.29 is 4.79 Å². The Hall–Kier alpha value is -0.530. The number of guanidine groups is 1. The Kier molecular flexibility index (Phi) is 9.90. The lowest BCUT2D eigenvalue weighted by Gasteiger charge is -2.30. The second kappa shape index (κ2) is 11.1. The van der Waals surface area contributed by atoms with E-state index in [9.17, 15) is 4.79 Å². The van der Waals surface area contributed by atoms with E-state index in [4.69, 9.17) is 0 Å². The Morgan fingerprint density at radius 2 is 1.96 bits per heavy atom. The summed E-state index contributed by atoms with van der Waals surface area (Å²) < 4.78 is 0. The fourth-order valence-electron chi connectivity index (χ4n) is 3.42. The van der Waals surface area contributed by atoms with Crippen molar-refractivity contribution in [2.24, 2.45) is 10.9 Å². The first-order valence-corrected chi connectivity index (χ1v) is 9.01. The van der Waals surface area contributed by atoms with Crippen molar-refractivity contribution in [1.82, 2.24) is 15.5 Å². The second-order valence-electron chi connectivity index (χ2n) is 6.72. The first-order chi connectivity index (χ1) is 10.7. The molecule has 2 aliphatic rings. The molecule has 1 unspecified atom stereocenters. The number of likely N-dealkylation sites (tertiary alicyclic amines) is 1. The number of rotatable bonds is 5. The van der Waals surface area contributed by atoms with Crippen LogP contribution in [0.25, 0.3) is 0 Å². The summed E-state index contributed by atoms with van der Waals surface area (Å²) >= 11 is 0. The number of nitrogens with zero attached hydrogens (tertiary/aromatic N) is 2. The highest BCUT2D eigenvalue weighted by Gasteiger charge is 2.20. The summed E-state index contributed by atoms with van der Waals surface area (Å²) in [5.41, 5.74) is 0. The van der Waals surface area contributed by atoms with Crippen molar-refractivity contribution in [2.45, 2.75) is 64.8 Å². The van der Waals surface area contributed by atoms with Crippen LogP contribution in [0.15, 0.2) is 4.99 Å². The van der Waals surface area contributed by atoms with Gasteiger partial charge in [-0.3, -0.25) is 9.79 Å². The van der Waals surface area contributed by atoms with Gasteiger partial charge in [0.25, 0.3) is 0 Å². The maximum Gasteiger partial charge on any atom is 0.224 e. The Morgan fingerprint density at radius 1 is 1.22 bits per heavy atom. The van der Waals surface area contributed by atoms with Crippen LogP contribution in [-0.2, 0) is 4.79 Å². The molecule has 0 spiro atoms. The largest absolute Gasteiger partial charge is 0.357 e. The molecular weight excluding hydrogens is 403 g/mol. The van der Waals surface area contributed by atoms with Gasteiger partial charge in [-0.2, -0.15) is 0 Å². The van der Waals surface area contributed by atoms with E-state index in [2.05, 4.69) is 29.5 Å². The summed E-state index contributed by atoms with van der Waals surface area (Å²) in [6.07, 6.45) is 7.99. The molecule has 134 valence electrons. The van der Waals surface area contributed by atoms with Gasteiger partial charge < -0.3 is 15.5 Å². The number of hydrogen-bond donors (Lipinski definition) is 2. The fourth-order valence-corrected chi connectivity index (χ4v) is 3.42. The second-order valence-corrected chi connectivity index (χ2v) is 6.72. The number of amides is 1. The molecule has 6 heteroatoms. The molecule has 1 aliphatic heterocycles. The minimum absolute atomic E-state index is 0. The number of piperidine rings is 1. The lowest BCUT2D eigenvalue weighted by atomic mass is 10.00. The zero-order chi connectivity index (χ0) is 15.8. The highest BCUT2D eigenvalue weighted by atomic mass is 127. The molecule has 23 heavy (non-hydrogen) atoms. The predicted octanol–water partition coefficient (Wildman–Crippen LogP) is 2.75. The molecule has 1 saturated heterocycles. The molecule has 0 aromatic heterocycles. The molecular formula is C17H33IN4O. The summed E-state index contributed by atoms with van der Waals surface area (Å²) in [4.78, 5) is 18.8. The van der Waals surface area contributed by atoms with Gasteiger partial charge >= 0.3 is 0 Å². The topological polar surface area (TPSA) is 56.7 Å². The minimum Gasteiger partial charge on any atom is -0.357 e. The highest BCUT2D eigenvalue weighted by molar-refractivity contribution is 14.0. The van der Waals surface area contributed by atoms with Gasteiger partial charge in [0.1, 0.15) is 0 Å². The quantitative estimate of drug-likeness (QED) is 0.396. The van der Waals surface area contributed by atoms with Gasteiger partial charge in [0.2, 0.25) is 5.91 Å². The molecule has 5 nitrogen and oxygen atoms in total. The number of aliphatic imine (C=N–C) groups is 1. The Labute approximate surface area is 158 Å². The highest BCUT2D eigenvalue weighted by Crippen LogP contribution is 2.17. The molecule has 1 atom stereocenters. The molecule has 0 aromatic rings. The van der Waals surface area contributed by atoms with Gasteiger partial charge in [-0.1, -0.05) is 19.8 Å². The molecule has 2 fully saturated rings. The first kappa shape index (κ1) is 20.5. The number of carbonyl (C=O) groups excluding carboxylic acids is 1. The Morgan fingerprint density at radius 3 is 2.61 bits per heavy atom. The van der Waals surface area contributed by atoms with E-state index >= 15 is 0 Å². The van der Waals surface area contributed by atoms with Gasteiger partial charge in [-0.15, -0.1) is 24.0 Å². The van der Waals surface area contributed by atoms with E-state index < -0.39 is 0 Å². The van der Waals surface area contributed by atoms with Crippen molar-refractivity contribution in [3.63, 3.8) is 0 Å². The number of carbonyl (C=O) groups is 1. The molecule has 1 amide bonds. The summed E-state index contributed by atoms with van der Waals surface area (Å²) in [6.45, 7) is 7.58. The predicted molar refractivity (Wildman–Crippen MR) is 106 cm³/mol. The van der Waals surface area contributed by atoms with E-state index in [1.54, 1.807) is 0 Å². The lowest BCUT2D eigenvalue weighted by Crippen LogP contribution is -2.42. The summed E-state index contributed by atoms with van der Waals surface area (Å²) in [5.74, 6) is 1.77. The molecule has 0 aromatic carbocycles. The van der Waals surface area contributed by atoms with Gasteiger partial charge in [0.05, 0.1) is 6.54 Å². The number of nitrogens with one attached hydrogen (secondary N) is 2.